The lowest BCUT2D eigenvalue weighted by Crippen LogP contribution is -2.52. The van der Waals surface area contributed by atoms with Crippen molar-refractivity contribution < 1.29 is 4.79 Å². The highest BCUT2D eigenvalue weighted by Gasteiger charge is 2.34. The molecule has 0 aromatic heterocycles. The molecule has 1 N–H and O–H groups in total. The summed E-state index contributed by atoms with van der Waals surface area (Å²) in [5.41, 5.74) is 0.711. The fourth-order valence-electron chi connectivity index (χ4n) is 3.46. The number of carbonyl (C=O) groups is 1. The number of nitrogens with zero attached hydrogens (tertiary/aromatic N) is 1. The van der Waals surface area contributed by atoms with E-state index in [2.05, 4.69) is 10.2 Å². The Labute approximate surface area is 125 Å². The van der Waals surface area contributed by atoms with Crippen LogP contribution in [0.2, 0.25) is 5.02 Å². The van der Waals surface area contributed by atoms with Gasteiger partial charge in [-0.2, -0.15) is 0 Å². The summed E-state index contributed by atoms with van der Waals surface area (Å²) in [7, 11) is 0. The van der Waals surface area contributed by atoms with E-state index < -0.39 is 0 Å². The zero-order valence-electron chi connectivity index (χ0n) is 11.6. The van der Waals surface area contributed by atoms with E-state index in [1.165, 1.54) is 19.3 Å². The van der Waals surface area contributed by atoms with Crippen LogP contribution in [0.4, 0.5) is 0 Å². The number of halogens is 1. The average molecular weight is 293 g/mol. The molecule has 3 rings (SSSR count). The Balaban J connectivity index is 1.80. The lowest BCUT2D eigenvalue weighted by Gasteiger charge is -2.39. The summed E-state index contributed by atoms with van der Waals surface area (Å²) >= 11 is 6.01. The summed E-state index contributed by atoms with van der Waals surface area (Å²) < 4.78 is 0. The Bertz CT molecular complexity index is 485. The second-order valence-electron chi connectivity index (χ2n) is 5.77. The quantitative estimate of drug-likeness (QED) is 0.908. The standard InChI is InChI=1S/C16H21ClN2O/c17-13-6-3-5-12(11-13)16(20)19-10-2-1-8-15(19)14-7-4-9-18-14/h3,5-6,11,14-15,18H,1-2,4,7-10H2. The first kappa shape index (κ1) is 13.9. The molecule has 0 aliphatic carbocycles. The molecule has 1 aromatic carbocycles. The van der Waals surface area contributed by atoms with Crippen LogP contribution < -0.4 is 5.32 Å². The van der Waals surface area contributed by atoms with Crippen molar-refractivity contribution >= 4 is 17.5 Å². The van der Waals surface area contributed by atoms with Crippen LogP contribution >= 0.6 is 11.6 Å². The van der Waals surface area contributed by atoms with Gasteiger partial charge in [0.25, 0.3) is 5.91 Å². The summed E-state index contributed by atoms with van der Waals surface area (Å²) in [5.74, 6) is 0.130. The Morgan fingerprint density at radius 2 is 2.15 bits per heavy atom. The maximum absolute atomic E-state index is 12.8. The summed E-state index contributed by atoms with van der Waals surface area (Å²) in [5, 5.41) is 4.18. The van der Waals surface area contributed by atoms with Crippen LogP contribution in [0.15, 0.2) is 24.3 Å². The molecule has 2 saturated heterocycles. The Morgan fingerprint density at radius 1 is 1.25 bits per heavy atom. The smallest absolute Gasteiger partial charge is 0.254 e. The molecule has 1 amide bonds. The highest BCUT2D eigenvalue weighted by molar-refractivity contribution is 6.30. The first-order chi connectivity index (χ1) is 9.75. The number of carbonyl (C=O) groups excluding carboxylic acids is 1. The second kappa shape index (κ2) is 6.15. The average Bonchev–Trinajstić information content (AvgIpc) is 3.00. The van der Waals surface area contributed by atoms with Gasteiger partial charge in [0.2, 0.25) is 0 Å². The molecule has 0 saturated carbocycles. The highest BCUT2D eigenvalue weighted by atomic mass is 35.5. The van der Waals surface area contributed by atoms with E-state index >= 15 is 0 Å². The maximum atomic E-state index is 12.8. The fourth-order valence-corrected chi connectivity index (χ4v) is 3.65. The van der Waals surface area contributed by atoms with E-state index in [1.54, 1.807) is 6.07 Å². The molecule has 2 fully saturated rings. The molecule has 1 aromatic rings. The van der Waals surface area contributed by atoms with Crippen molar-refractivity contribution in [3.05, 3.63) is 34.9 Å². The Morgan fingerprint density at radius 3 is 2.90 bits per heavy atom. The van der Waals surface area contributed by atoms with Gasteiger partial charge in [0, 0.05) is 29.2 Å². The SMILES string of the molecule is O=C(c1cccc(Cl)c1)N1CCCCC1C1CCCN1. The zero-order chi connectivity index (χ0) is 13.9. The second-order valence-corrected chi connectivity index (χ2v) is 6.21. The van der Waals surface area contributed by atoms with Crippen LogP contribution in [0.25, 0.3) is 0 Å². The van der Waals surface area contributed by atoms with Crippen molar-refractivity contribution in [1.82, 2.24) is 10.2 Å². The molecule has 20 heavy (non-hydrogen) atoms. The number of hydrogen-bond donors (Lipinski definition) is 1. The predicted octanol–water partition coefficient (Wildman–Crippen LogP) is 3.09. The van der Waals surface area contributed by atoms with E-state index in [4.69, 9.17) is 11.6 Å². The van der Waals surface area contributed by atoms with Crippen LogP contribution in [-0.4, -0.2) is 36.0 Å². The van der Waals surface area contributed by atoms with Gasteiger partial charge in [0.15, 0.2) is 0 Å². The summed E-state index contributed by atoms with van der Waals surface area (Å²) in [6.45, 7) is 1.95. The Kier molecular flexibility index (Phi) is 4.27. The van der Waals surface area contributed by atoms with Gasteiger partial charge in [-0.15, -0.1) is 0 Å². The summed E-state index contributed by atoms with van der Waals surface area (Å²) in [6, 6.07) is 8.11. The molecular formula is C16H21ClN2O. The molecular weight excluding hydrogens is 272 g/mol. The molecule has 2 aliphatic rings. The third kappa shape index (κ3) is 2.84. The van der Waals surface area contributed by atoms with Crippen molar-refractivity contribution in [1.29, 1.82) is 0 Å². The van der Waals surface area contributed by atoms with Gasteiger partial charge in [-0.3, -0.25) is 4.79 Å². The number of likely N-dealkylation sites (tertiary alicyclic amines) is 1. The van der Waals surface area contributed by atoms with E-state index in [9.17, 15) is 4.79 Å². The van der Waals surface area contributed by atoms with Crippen LogP contribution in [0.1, 0.15) is 42.5 Å². The molecule has 4 heteroatoms. The van der Waals surface area contributed by atoms with Crippen LogP contribution in [0.3, 0.4) is 0 Å². The van der Waals surface area contributed by atoms with Gasteiger partial charge in [-0.25, -0.2) is 0 Å². The minimum Gasteiger partial charge on any atom is -0.334 e. The minimum atomic E-state index is 0.130. The van der Waals surface area contributed by atoms with Gasteiger partial charge in [-0.1, -0.05) is 17.7 Å². The number of piperidine rings is 1. The van der Waals surface area contributed by atoms with Crippen molar-refractivity contribution in [3.63, 3.8) is 0 Å². The van der Waals surface area contributed by atoms with Crippen LogP contribution in [-0.2, 0) is 0 Å². The number of rotatable bonds is 2. The molecule has 3 nitrogen and oxygen atoms in total. The Hall–Kier alpha value is -1.06. The topological polar surface area (TPSA) is 32.3 Å². The van der Waals surface area contributed by atoms with Crippen molar-refractivity contribution in [2.45, 2.75) is 44.2 Å². The third-order valence-corrected chi connectivity index (χ3v) is 4.68. The van der Waals surface area contributed by atoms with Crippen molar-refractivity contribution in [3.8, 4) is 0 Å². The van der Waals surface area contributed by atoms with Gasteiger partial charge < -0.3 is 10.2 Å². The zero-order valence-corrected chi connectivity index (χ0v) is 12.4. The molecule has 2 unspecified atom stereocenters. The predicted molar refractivity (Wildman–Crippen MR) is 81.2 cm³/mol. The summed E-state index contributed by atoms with van der Waals surface area (Å²) in [4.78, 5) is 14.8. The molecule has 0 spiro atoms. The van der Waals surface area contributed by atoms with E-state index in [-0.39, 0.29) is 5.91 Å². The van der Waals surface area contributed by atoms with Gasteiger partial charge in [-0.05, 0) is 56.8 Å². The van der Waals surface area contributed by atoms with E-state index in [0.717, 1.165) is 25.9 Å². The molecule has 0 radical (unpaired) electrons. The largest absolute Gasteiger partial charge is 0.334 e. The molecule has 0 bridgehead atoms. The lowest BCUT2D eigenvalue weighted by atomic mass is 9.93. The molecule has 108 valence electrons. The van der Waals surface area contributed by atoms with E-state index in [0.29, 0.717) is 22.7 Å². The van der Waals surface area contributed by atoms with Crippen molar-refractivity contribution in [2.24, 2.45) is 0 Å². The number of amides is 1. The van der Waals surface area contributed by atoms with Crippen LogP contribution in [0, 0.1) is 0 Å². The van der Waals surface area contributed by atoms with E-state index in [1.807, 2.05) is 18.2 Å². The maximum Gasteiger partial charge on any atom is 0.254 e. The highest BCUT2D eigenvalue weighted by Crippen LogP contribution is 2.26. The number of hydrogen-bond acceptors (Lipinski definition) is 2. The normalized spacial score (nSPS) is 26.8. The monoisotopic (exact) mass is 292 g/mol. The first-order valence-electron chi connectivity index (χ1n) is 7.55. The van der Waals surface area contributed by atoms with Crippen LogP contribution in [0.5, 0.6) is 0 Å². The third-order valence-electron chi connectivity index (χ3n) is 4.44. The lowest BCUT2D eigenvalue weighted by molar-refractivity contribution is 0.0563. The van der Waals surface area contributed by atoms with Gasteiger partial charge in [0.1, 0.15) is 0 Å². The number of benzene rings is 1. The van der Waals surface area contributed by atoms with Crippen molar-refractivity contribution in [2.75, 3.05) is 13.1 Å². The number of nitrogens with one attached hydrogen (secondary N) is 1. The first-order valence-corrected chi connectivity index (χ1v) is 7.93. The van der Waals surface area contributed by atoms with Gasteiger partial charge >= 0.3 is 0 Å². The molecule has 2 heterocycles. The minimum absolute atomic E-state index is 0.130. The summed E-state index contributed by atoms with van der Waals surface area (Å²) in [6.07, 6.45) is 5.85. The van der Waals surface area contributed by atoms with Gasteiger partial charge in [0.05, 0.1) is 0 Å². The molecule has 2 aliphatic heterocycles. The fraction of sp³-hybridized carbons (Fsp3) is 0.562. The molecule has 2 atom stereocenters.